The van der Waals surface area contributed by atoms with Gasteiger partial charge in [-0.1, -0.05) is 24.3 Å². The Bertz CT molecular complexity index is 2180. The summed E-state index contributed by atoms with van der Waals surface area (Å²) in [7, 11) is 2.66. The lowest BCUT2D eigenvalue weighted by Crippen LogP contribution is -2.97. The van der Waals surface area contributed by atoms with Crippen LogP contribution in [0.25, 0.3) is 11.2 Å². The number of aliphatic hydroxyl groups is 1. The molecule has 0 unspecified atom stereocenters. The first-order chi connectivity index (χ1) is 28.3. The van der Waals surface area contributed by atoms with Crippen molar-refractivity contribution in [3.05, 3.63) is 42.5 Å². The first-order valence-electron chi connectivity index (χ1n) is 19.8. The van der Waals surface area contributed by atoms with E-state index in [4.69, 9.17) is 29.2 Å². The van der Waals surface area contributed by atoms with E-state index >= 15 is 0 Å². The van der Waals surface area contributed by atoms with E-state index in [9.17, 15) is 29.1 Å². The van der Waals surface area contributed by atoms with Crippen molar-refractivity contribution >= 4 is 58.8 Å². The minimum Gasteiger partial charge on any atom is -0.543 e. The number of ether oxygens (including phenoxy) is 2. The summed E-state index contributed by atoms with van der Waals surface area (Å²) in [6, 6.07) is 7.32. The van der Waals surface area contributed by atoms with E-state index in [2.05, 4.69) is 36.2 Å². The second-order valence-electron chi connectivity index (χ2n) is 18.0. The van der Waals surface area contributed by atoms with Gasteiger partial charge in [0.2, 0.25) is 17.7 Å². The molecule has 6 atom stereocenters. The van der Waals surface area contributed by atoms with Crippen LogP contribution >= 0.6 is 0 Å². The van der Waals surface area contributed by atoms with Crippen molar-refractivity contribution in [3.63, 3.8) is 0 Å². The number of carbonyl (C=O) groups excluding carboxylic acids is 5. The Balaban J connectivity index is 1.25. The third-order valence-electron chi connectivity index (χ3n) is 11.1. The third kappa shape index (κ3) is 9.33. The van der Waals surface area contributed by atoms with Crippen molar-refractivity contribution in [2.45, 2.75) is 128 Å². The van der Waals surface area contributed by atoms with Gasteiger partial charge in [-0.05, 0) is 81.9 Å². The predicted molar refractivity (Wildman–Crippen MR) is 220 cm³/mol. The molecule has 2 saturated heterocycles. The van der Waals surface area contributed by atoms with Crippen molar-refractivity contribution in [2.75, 3.05) is 26.6 Å². The van der Waals surface area contributed by atoms with E-state index in [1.165, 1.54) is 82.3 Å². The number of imidazole rings is 1. The molecule has 2 aliphatic rings. The summed E-state index contributed by atoms with van der Waals surface area (Å²) in [4.78, 5) is 78.8. The second-order valence-corrected chi connectivity index (χ2v) is 18.0. The second kappa shape index (κ2) is 16.9. The van der Waals surface area contributed by atoms with Crippen molar-refractivity contribution < 1.29 is 57.8 Å². The Morgan fingerprint density at radius 3 is 1.90 bits per heavy atom. The number of amides is 4. The highest BCUT2D eigenvalue weighted by Gasteiger charge is 2.56. The molecule has 3 aromatic rings. The van der Waals surface area contributed by atoms with Gasteiger partial charge in [0.25, 0.3) is 5.91 Å². The molecule has 0 saturated carbocycles. The van der Waals surface area contributed by atoms with Gasteiger partial charge in [0, 0.05) is 0 Å². The number of aromatic nitrogens is 4. The Kier molecular flexibility index (Phi) is 13.0. The topological polar surface area (TPSA) is 286 Å². The highest BCUT2D eigenvalue weighted by atomic mass is 16.8. The van der Waals surface area contributed by atoms with Crippen LogP contribution in [0, 0.1) is 0 Å². The quantitative estimate of drug-likeness (QED) is 0.0474. The minimum atomic E-state index is -2.61. The summed E-state index contributed by atoms with van der Waals surface area (Å²) in [5.41, 5.74) is 1.09. The molecule has 9 N–H and O–H groups in total. The Hall–Kier alpha value is -5.26. The van der Waals surface area contributed by atoms with E-state index in [-0.39, 0.29) is 19.0 Å². The highest BCUT2D eigenvalue weighted by molar-refractivity contribution is 6.76. The largest absolute Gasteiger partial charge is 0.543 e. The number of anilines is 1. The maximum Gasteiger partial charge on any atom is 0.410 e. The SMILES string of the molecule is COC(=O)[C@@](C)([13CH3])NC(=O)C(C)(C)NC(=O)C(C)(C)NC(=O)C(C)(C)NC(=O)C(C)(C)[NH2+]Cc1ccccc1[B@-]1(OC)O[C@@H]2[C@H](O1)[C@@H](CO)O[C@H]2n1cnc2c(N)ncnc21. The Morgan fingerprint density at radius 2 is 1.34 bits per heavy atom. The molecule has 5 rings (SSSR count). The maximum atomic E-state index is 13.9. The number of hydrogen-bond donors (Lipinski definition) is 7. The van der Waals surface area contributed by atoms with Gasteiger partial charge in [0.15, 0.2) is 23.2 Å². The summed E-state index contributed by atoms with van der Waals surface area (Å²) in [6.45, 7) is 12.4. The summed E-state index contributed by atoms with van der Waals surface area (Å²) < 4.78 is 31.8. The van der Waals surface area contributed by atoms with Crippen LogP contribution in [0.2, 0.25) is 0 Å². The van der Waals surface area contributed by atoms with E-state index in [0.29, 0.717) is 16.6 Å². The van der Waals surface area contributed by atoms with Crippen LogP contribution in [-0.4, -0.2) is 128 Å². The molecule has 2 fully saturated rings. The van der Waals surface area contributed by atoms with E-state index in [1.807, 2.05) is 24.3 Å². The number of aliphatic hydroxyl groups excluding tert-OH is 1. The number of esters is 1. The average Bonchev–Trinajstić information content (AvgIpc) is 3.89. The standard InChI is InChI=1S/C39H58BN10O11/c1-35(2,30(52)46-36(3,4)31(53)47-37(5,6)32(54)48-38(7,8)33(55)49-39(9,10)34(56)57-11)45-17-21-15-13-14-16-22(21)40(58-12)60-25-23(18-51)59-29(26(25)61-40)50-20-44-24-27(41)42-19-43-28(24)50/h13-16,19-20,23,25-26,29,45,51H,17-18H2,1-12H3,(H,46,52)(H,47,53)(H,48,54)(H,49,55)(H2,41,42,43)/q-1/p+1/t23-,25-,26-,29-,40-/m1/s1/i9+1/t23-,25-,26-,29-,39+,40-. The first-order valence-corrected chi connectivity index (χ1v) is 19.8. The maximum absolute atomic E-state index is 13.9. The molecule has 21 nitrogen and oxygen atoms in total. The molecule has 4 heterocycles. The molecule has 334 valence electrons. The first kappa shape index (κ1) is 46.8. The predicted octanol–water partition coefficient (Wildman–Crippen LogP) is -1.83. The molecule has 2 aliphatic heterocycles. The van der Waals surface area contributed by atoms with Gasteiger partial charge in [-0.2, -0.15) is 0 Å². The van der Waals surface area contributed by atoms with Gasteiger partial charge in [0.1, 0.15) is 40.1 Å². The zero-order chi connectivity index (χ0) is 45.5. The summed E-state index contributed by atoms with van der Waals surface area (Å²) >= 11 is 0. The van der Waals surface area contributed by atoms with Crippen molar-refractivity contribution in [1.82, 2.24) is 40.8 Å². The minimum absolute atomic E-state index is 0.196. The lowest BCUT2D eigenvalue weighted by Gasteiger charge is -2.38. The molecule has 0 radical (unpaired) electrons. The van der Waals surface area contributed by atoms with Crippen LogP contribution in [0.3, 0.4) is 0 Å². The van der Waals surface area contributed by atoms with Gasteiger partial charge in [-0.15, -0.1) is 5.46 Å². The van der Waals surface area contributed by atoms with Crippen LogP contribution in [0.15, 0.2) is 36.9 Å². The highest BCUT2D eigenvalue weighted by Crippen LogP contribution is 2.42. The molecule has 0 aliphatic carbocycles. The number of rotatable bonds is 16. The number of hydrogen-bond acceptors (Lipinski definition) is 15. The van der Waals surface area contributed by atoms with E-state index in [0.717, 1.165) is 5.56 Å². The van der Waals surface area contributed by atoms with Crippen molar-refractivity contribution in [2.24, 2.45) is 0 Å². The fraction of sp³-hybridized carbons (Fsp3) is 0.590. The fourth-order valence-electron chi connectivity index (χ4n) is 7.04. The number of carbonyl (C=O) groups is 5. The lowest BCUT2D eigenvalue weighted by atomic mass is 9.67. The van der Waals surface area contributed by atoms with Crippen LogP contribution in [0.4, 0.5) is 5.82 Å². The van der Waals surface area contributed by atoms with E-state index < -0.39 is 88.6 Å². The van der Waals surface area contributed by atoms with E-state index in [1.54, 1.807) is 23.7 Å². The Labute approximate surface area is 353 Å². The number of methoxy groups -OCH3 is 1. The summed E-state index contributed by atoms with van der Waals surface area (Å²) in [6.07, 6.45) is -0.262. The molecular formula is C39H59BN10O11. The number of nitrogen functional groups attached to an aromatic ring is 1. The molecule has 22 heteroatoms. The van der Waals surface area contributed by atoms with Gasteiger partial charge >= 0.3 is 12.7 Å². The number of quaternary nitrogens is 1. The van der Waals surface area contributed by atoms with Crippen LogP contribution < -0.4 is 37.8 Å². The van der Waals surface area contributed by atoms with Crippen LogP contribution in [0.1, 0.15) is 81.0 Å². The molecule has 2 aromatic heterocycles. The fourth-order valence-corrected chi connectivity index (χ4v) is 7.04. The molecule has 1 aromatic carbocycles. The third-order valence-corrected chi connectivity index (χ3v) is 11.1. The number of nitrogens with one attached hydrogen (secondary N) is 4. The van der Waals surface area contributed by atoms with Crippen LogP contribution in [-0.2, 0) is 54.0 Å². The van der Waals surface area contributed by atoms with Gasteiger partial charge in [-0.3, -0.25) is 23.7 Å². The number of nitrogens with zero attached hydrogens (tertiary/aromatic N) is 4. The monoisotopic (exact) mass is 855 g/mol. The molecule has 0 bridgehead atoms. The Morgan fingerprint density at radius 1 is 0.803 bits per heavy atom. The zero-order valence-electron chi connectivity index (χ0n) is 36.7. The van der Waals surface area contributed by atoms with Crippen LogP contribution in [0.5, 0.6) is 0 Å². The van der Waals surface area contributed by atoms with Crippen molar-refractivity contribution in [3.8, 4) is 0 Å². The summed E-state index contributed by atoms with van der Waals surface area (Å²) in [5.74, 6) is -2.96. The van der Waals surface area contributed by atoms with Gasteiger partial charge < -0.3 is 60.9 Å². The number of benzene rings is 1. The summed E-state index contributed by atoms with van der Waals surface area (Å²) in [5, 5.41) is 22.8. The molecule has 0 spiro atoms. The van der Waals surface area contributed by atoms with Gasteiger partial charge in [-0.25, -0.2) is 19.7 Å². The number of nitrogens with two attached hydrogens (primary N) is 2. The normalized spacial score (nSPS) is 22.8. The zero-order valence-corrected chi connectivity index (χ0v) is 36.7. The average molecular weight is 856 g/mol. The molecular weight excluding hydrogens is 796 g/mol. The number of fused-ring (bicyclic) bond motifs is 2. The molecule has 4 amide bonds. The van der Waals surface area contributed by atoms with Gasteiger partial charge in [0.05, 0.1) is 38.8 Å². The smallest absolute Gasteiger partial charge is 0.410 e. The van der Waals surface area contributed by atoms with Crippen molar-refractivity contribution in [1.29, 1.82) is 0 Å². The lowest BCUT2D eigenvalue weighted by molar-refractivity contribution is -0.720. The molecule has 61 heavy (non-hydrogen) atoms.